The van der Waals surface area contributed by atoms with Gasteiger partial charge in [0.2, 0.25) is 0 Å². The van der Waals surface area contributed by atoms with E-state index in [-0.39, 0.29) is 0 Å². The van der Waals surface area contributed by atoms with E-state index in [0.29, 0.717) is 0 Å². The Balaban J connectivity index is 1.91. The Morgan fingerprint density at radius 1 is 1.18 bits per heavy atom. The van der Waals surface area contributed by atoms with Crippen molar-refractivity contribution < 1.29 is 0 Å². The average Bonchev–Trinajstić information content (AvgIpc) is 2.40. The summed E-state index contributed by atoms with van der Waals surface area (Å²) >= 11 is 1.73. The van der Waals surface area contributed by atoms with Gasteiger partial charge < -0.3 is 5.32 Å². The van der Waals surface area contributed by atoms with Crippen LogP contribution in [0.25, 0.3) is 0 Å². The molecule has 2 aromatic rings. The lowest BCUT2D eigenvalue weighted by Crippen LogP contribution is -2.00. The fourth-order valence-electron chi connectivity index (χ4n) is 1.29. The normalized spacial score (nSPS) is 10.2. The molecule has 0 aromatic carbocycles. The molecule has 0 radical (unpaired) electrons. The molecule has 0 saturated heterocycles. The molecule has 0 aliphatic rings. The minimum Gasteiger partial charge on any atom is -0.369 e. The van der Waals surface area contributed by atoms with Gasteiger partial charge in [0.05, 0.1) is 18.1 Å². The molecule has 0 spiro atoms. The standard InChI is InChI=1S/C12H14N4S/c1-2-14-12-8-15-10(7-16-12)9-17-11-3-5-13-6-4-11/h3-8H,2,9H2,1H3,(H,14,16). The van der Waals surface area contributed by atoms with Gasteiger partial charge in [-0.25, -0.2) is 4.98 Å². The molecule has 0 aliphatic heterocycles. The number of anilines is 1. The maximum absolute atomic E-state index is 4.35. The average molecular weight is 246 g/mol. The topological polar surface area (TPSA) is 50.7 Å². The smallest absolute Gasteiger partial charge is 0.144 e. The zero-order valence-electron chi connectivity index (χ0n) is 9.63. The first-order valence-corrected chi connectivity index (χ1v) is 6.44. The van der Waals surface area contributed by atoms with Gasteiger partial charge in [-0.1, -0.05) is 0 Å². The third kappa shape index (κ3) is 3.71. The van der Waals surface area contributed by atoms with Gasteiger partial charge in [-0.05, 0) is 19.1 Å². The van der Waals surface area contributed by atoms with Crippen molar-refractivity contribution in [2.24, 2.45) is 0 Å². The maximum atomic E-state index is 4.35. The van der Waals surface area contributed by atoms with E-state index in [1.165, 1.54) is 4.90 Å². The first-order valence-electron chi connectivity index (χ1n) is 5.46. The van der Waals surface area contributed by atoms with Gasteiger partial charge in [0.15, 0.2) is 0 Å². The van der Waals surface area contributed by atoms with Gasteiger partial charge in [0, 0.05) is 29.6 Å². The number of nitrogens with zero attached hydrogens (tertiary/aromatic N) is 3. The minimum atomic E-state index is 0.823. The molecule has 2 aromatic heterocycles. The Hall–Kier alpha value is -1.62. The van der Waals surface area contributed by atoms with Crippen molar-refractivity contribution in [2.45, 2.75) is 17.6 Å². The molecule has 5 heteroatoms. The molecule has 17 heavy (non-hydrogen) atoms. The molecule has 0 unspecified atom stereocenters. The zero-order chi connectivity index (χ0) is 11.9. The summed E-state index contributed by atoms with van der Waals surface area (Å²) in [4.78, 5) is 13.8. The molecule has 0 aliphatic carbocycles. The molecule has 0 bridgehead atoms. The highest BCUT2D eigenvalue weighted by Crippen LogP contribution is 2.20. The van der Waals surface area contributed by atoms with E-state index < -0.39 is 0 Å². The van der Waals surface area contributed by atoms with Crippen LogP contribution in [0.2, 0.25) is 0 Å². The Morgan fingerprint density at radius 3 is 2.65 bits per heavy atom. The maximum Gasteiger partial charge on any atom is 0.144 e. The SMILES string of the molecule is CCNc1cnc(CSc2ccncc2)cn1. The highest BCUT2D eigenvalue weighted by atomic mass is 32.2. The van der Waals surface area contributed by atoms with Crippen LogP contribution in [0.1, 0.15) is 12.6 Å². The molecule has 0 saturated carbocycles. The van der Waals surface area contributed by atoms with E-state index in [1.54, 1.807) is 30.4 Å². The fourth-order valence-corrected chi connectivity index (χ4v) is 2.07. The second-order valence-corrected chi connectivity index (χ2v) is 4.44. The summed E-state index contributed by atoms with van der Waals surface area (Å²) in [5.74, 6) is 1.65. The lowest BCUT2D eigenvalue weighted by molar-refractivity contribution is 1.07. The second kappa shape index (κ2) is 6.20. The second-order valence-electron chi connectivity index (χ2n) is 3.39. The molecule has 0 amide bonds. The monoisotopic (exact) mass is 246 g/mol. The van der Waals surface area contributed by atoms with Gasteiger partial charge in [-0.15, -0.1) is 11.8 Å². The summed E-state index contributed by atoms with van der Waals surface area (Å²) in [7, 11) is 0. The first kappa shape index (κ1) is 11.9. The van der Waals surface area contributed by atoms with Crippen LogP contribution in [0.3, 0.4) is 0 Å². The summed E-state index contributed by atoms with van der Waals surface area (Å²) in [5, 5.41) is 3.12. The van der Waals surface area contributed by atoms with Crippen LogP contribution < -0.4 is 5.32 Å². The molecule has 4 nitrogen and oxygen atoms in total. The molecular weight excluding hydrogens is 232 g/mol. The number of pyridine rings is 1. The number of hydrogen-bond acceptors (Lipinski definition) is 5. The van der Waals surface area contributed by atoms with Gasteiger partial charge >= 0.3 is 0 Å². The zero-order valence-corrected chi connectivity index (χ0v) is 10.4. The largest absolute Gasteiger partial charge is 0.369 e. The summed E-state index contributed by atoms with van der Waals surface area (Å²) < 4.78 is 0. The molecule has 0 atom stereocenters. The third-order valence-electron chi connectivity index (χ3n) is 2.10. The Kier molecular flexibility index (Phi) is 4.32. The van der Waals surface area contributed by atoms with Gasteiger partial charge in [-0.3, -0.25) is 9.97 Å². The van der Waals surface area contributed by atoms with Crippen molar-refractivity contribution in [2.75, 3.05) is 11.9 Å². The predicted octanol–water partition coefficient (Wildman–Crippen LogP) is 2.60. The van der Waals surface area contributed by atoms with Crippen LogP contribution in [-0.4, -0.2) is 21.5 Å². The predicted molar refractivity (Wildman–Crippen MR) is 70.0 cm³/mol. The van der Waals surface area contributed by atoms with E-state index in [2.05, 4.69) is 20.3 Å². The molecule has 2 heterocycles. The van der Waals surface area contributed by atoms with Crippen molar-refractivity contribution in [3.63, 3.8) is 0 Å². The molecular formula is C12H14N4S. The number of hydrogen-bond donors (Lipinski definition) is 1. The van der Waals surface area contributed by atoms with Crippen LogP contribution in [0.4, 0.5) is 5.82 Å². The Morgan fingerprint density at radius 2 is 2.00 bits per heavy atom. The Bertz CT molecular complexity index is 444. The molecule has 2 rings (SSSR count). The van der Waals surface area contributed by atoms with Crippen molar-refractivity contribution in [1.29, 1.82) is 0 Å². The first-order chi connectivity index (χ1) is 8.38. The van der Waals surface area contributed by atoms with Crippen LogP contribution in [0, 0.1) is 0 Å². The lowest BCUT2D eigenvalue weighted by Gasteiger charge is -2.03. The van der Waals surface area contributed by atoms with E-state index >= 15 is 0 Å². The number of thioether (sulfide) groups is 1. The van der Waals surface area contributed by atoms with Crippen molar-refractivity contribution in [3.8, 4) is 0 Å². The van der Waals surface area contributed by atoms with Crippen molar-refractivity contribution in [3.05, 3.63) is 42.6 Å². The minimum absolute atomic E-state index is 0.823. The van der Waals surface area contributed by atoms with Gasteiger partial charge in [0.1, 0.15) is 5.82 Å². The summed E-state index contributed by atoms with van der Waals surface area (Å²) in [6, 6.07) is 3.98. The van der Waals surface area contributed by atoms with E-state index in [0.717, 1.165) is 23.8 Å². The van der Waals surface area contributed by atoms with Gasteiger partial charge in [-0.2, -0.15) is 0 Å². The van der Waals surface area contributed by atoms with Crippen molar-refractivity contribution in [1.82, 2.24) is 15.0 Å². The molecule has 88 valence electrons. The van der Waals surface area contributed by atoms with E-state index in [1.807, 2.05) is 25.3 Å². The number of nitrogens with one attached hydrogen (secondary N) is 1. The highest BCUT2D eigenvalue weighted by molar-refractivity contribution is 7.98. The van der Waals surface area contributed by atoms with Gasteiger partial charge in [0.25, 0.3) is 0 Å². The number of aromatic nitrogens is 3. The summed E-state index contributed by atoms with van der Waals surface area (Å²) in [5.41, 5.74) is 0.980. The Labute approximate surface area is 105 Å². The summed E-state index contributed by atoms with van der Waals surface area (Å²) in [6.07, 6.45) is 7.17. The van der Waals surface area contributed by atoms with Crippen LogP contribution in [-0.2, 0) is 5.75 Å². The van der Waals surface area contributed by atoms with Crippen LogP contribution >= 0.6 is 11.8 Å². The van der Waals surface area contributed by atoms with Crippen molar-refractivity contribution >= 4 is 17.6 Å². The van der Waals surface area contributed by atoms with Crippen LogP contribution in [0.15, 0.2) is 41.8 Å². The fraction of sp³-hybridized carbons (Fsp3) is 0.250. The van der Waals surface area contributed by atoms with Crippen LogP contribution in [0.5, 0.6) is 0 Å². The van der Waals surface area contributed by atoms with E-state index in [9.17, 15) is 0 Å². The summed E-state index contributed by atoms with van der Waals surface area (Å²) in [6.45, 7) is 2.90. The highest BCUT2D eigenvalue weighted by Gasteiger charge is 1.98. The quantitative estimate of drug-likeness (QED) is 0.822. The molecule has 0 fully saturated rings. The number of rotatable bonds is 5. The molecule has 1 N–H and O–H groups in total. The lowest BCUT2D eigenvalue weighted by atomic mass is 10.5. The van der Waals surface area contributed by atoms with E-state index in [4.69, 9.17) is 0 Å². The third-order valence-corrected chi connectivity index (χ3v) is 3.15.